The average Bonchev–Trinajstić information content (AvgIpc) is 3.09. The van der Waals surface area contributed by atoms with Crippen molar-refractivity contribution in [2.75, 3.05) is 11.1 Å². The highest BCUT2D eigenvalue weighted by Gasteiger charge is 2.51. The minimum absolute atomic E-state index is 0.0868. The van der Waals surface area contributed by atoms with Crippen LogP contribution in [0.15, 0.2) is 22.5 Å². The van der Waals surface area contributed by atoms with E-state index < -0.39 is 0 Å². The Morgan fingerprint density at radius 2 is 1.79 bits per heavy atom. The zero-order valence-corrected chi connectivity index (χ0v) is 18.7. The first-order valence-electron chi connectivity index (χ1n) is 10.6. The minimum atomic E-state index is 0.0868. The number of amides is 1. The molecule has 29 heavy (non-hydrogen) atoms. The van der Waals surface area contributed by atoms with Crippen LogP contribution < -0.4 is 10.6 Å². The lowest BCUT2D eigenvalue weighted by molar-refractivity contribution is -0.124. The van der Waals surface area contributed by atoms with Crippen molar-refractivity contribution in [2.45, 2.75) is 62.3 Å². The maximum atomic E-state index is 12.7. The van der Waals surface area contributed by atoms with E-state index in [0.29, 0.717) is 5.75 Å². The summed E-state index contributed by atoms with van der Waals surface area (Å²) in [5.74, 6) is 3.10. The fourth-order valence-corrected chi connectivity index (χ4v) is 7.56. The lowest BCUT2D eigenvalue weighted by Crippen LogP contribution is -2.60. The molecule has 1 heterocycles. The molecular formula is C22H28N4OS2. The van der Waals surface area contributed by atoms with Crippen molar-refractivity contribution >= 4 is 39.8 Å². The van der Waals surface area contributed by atoms with E-state index in [0.717, 1.165) is 32.9 Å². The predicted molar refractivity (Wildman–Crippen MR) is 119 cm³/mol. The van der Waals surface area contributed by atoms with Crippen molar-refractivity contribution in [1.82, 2.24) is 15.5 Å². The monoisotopic (exact) mass is 428 g/mol. The Kier molecular flexibility index (Phi) is 5.06. The van der Waals surface area contributed by atoms with E-state index in [1.807, 2.05) is 0 Å². The Balaban J connectivity index is 1.15. The van der Waals surface area contributed by atoms with Crippen LogP contribution in [0.1, 0.15) is 49.7 Å². The molecule has 1 aromatic carbocycles. The zero-order chi connectivity index (χ0) is 20.0. The second kappa shape index (κ2) is 7.58. The number of aryl methyl sites for hydroxylation is 2. The first-order chi connectivity index (χ1) is 14.0. The Hall–Kier alpha value is -1.60. The fourth-order valence-electron chi connectivity index (χ4n) is 5.98. The molecule has 4 aliphatic rings. The van der Waals surface area contributed by atoms with Gasteiger partial charge in [0.15, 0.2) is 4.34 Å². The minimum Gasteiger partial charge on any atom is -0.350 e. The molecule has 0 unspecified atom stereocenters. The van der Waals surface area contributed by atoms with Gasteiger partial charge in [-0.3, -0.25) is 4.79 Å². The standard InChI is InChI=1S/C22H28N4OS2/c1-13-3-4-18(5-14(13)2)23-20-25-26-21(29-20)28-12-19(27)24-22-9-15-6-16(10-22)8-17(7-15)11-22/h3-5,15-17H,6-12H2,1-2H3,(H,23,25)(H,24,27). The van der Waals surface area contributed by atoms with Gasteiger partial charge in [-0.2, -0.15) is 0 Å². The van der Waals surface area contributed by atoms with Crippen molar-refractivity contribution in [2.24, 2.45) is 17.8 Å². The second-order valence-corrected chi connectivity index (χ2v) is 11.5. The molecule has 0 spiro atoms. The highest BCUT2D eigenvalue weighted by molar-refractivity contribution is 8.01. The molecule has 0 radical (unpaired) electrons. The Morgan fingerprint density at radius 3 is 2.45 bits per heavy atom. The van der Waals surface area contributed by atoms with Crippen molar-refractivity contribution < 1.29 is 4.79 Å². The number of carbonyl (C=O) groups excluding carboxylic acids is 1. The number of nitrogens with one attached hydrogen (secondary N) is 2. The number of anilines is 2. The number of thioether (sulfide) groups is 1. The van der Waals surface area contributed by atoms with Gasteiger partial charge in [-0.15, -0.1) is 10.2 Å². The molecule has 6 rings (SSSR count). The summed E-state index contributed by atoms with van der Waals surface area (Å²) in [6.45, 7) is 4.21. The number of benzene rings is 1. The molecule has 154 valence electrons. The van der Waals surface area contributed by atoms with E-state index in [2.05, 4.69) is 52.9 Å². The lowest BCUT2D eigenvalue weighted by Gasteiger charge is -2.56. The maximum Gasteiger partial charge on any atom is 0.230 e. The van der Waals surface area contributed by atoms with E-state index in [-0.39, 0.29) is 11.4 Å². The highest BCUT2D eigenvalue weighted by Crippen LogP contribution is 2.55. The molecular weight excluding hydrogens is 400 g/mol. The van der Waals surface area contributed by atoms with Crippen LogP contribution in [0.3, 0.4) is 0 Å². The maximum absolute atomic E-state index is 12.7. The summed E-state index contributed by atoms with van der Waals surface area (Å²) >= 11 is 2.99. The van der Waals surface area contributed by atoms with Gasteiger partial charge >= 0.3 is 0 Å². The van der Waals surface area contributed by atoms with E-state index in [4.69, 9.17) is 0 Å². The van der Waals surface area contributed by atoms with Gasteiger partial charge in [-0.05, 0) is 93.4 Å². The van der Waals surface area contributed by atoms with Gasteiger partial charge in [0.05, 0.1) is 5.75 Å². The summed E-state index contributed by atoms with van der Waals surface area (Å²) in [6.07, 6.45) is 7.76. The SMILES string of the molecule is Cc1ccc(Nc2nnc(SCC(=O)NC34CC5CC(CC(C5)C3)C4)s2)cc1C. The molecule has 1 aromatic heterocycles. The zero-order valence-electron chi connectivity index (χ0n) is 17.0. The number of aromatic nitrogens is 2. The third-order valence-electron chi connectivity index (χ3n) is 6.93. The molecule has 5 nitrogen and oxygen atoms in total. The topological polar surface area (TPSA) is 66.9 Å². The van der Waals surface area contributed by atoms with Gasteiger partial charge in [0.2, 0.25) is 11.0 Å². The van der Waals surface area contributed by atoms with Gasteiger partial charge in [0.25, 0.3) is 0 Å². The molecule has 0 aliphatic heterocycles. The van der Waals surface area contributed by atoms with Crippen molar-refractivity contribution in [3.8, 4) is 0 Å². The summed E-state index contributed by atoms with van der Waals surface area (Å²) < 4.78 is 0.831. The third kappa shape index (κ3) is 4.17. The van der Waals surface area contributed by atoms with Gasteiger partial charge < -0.3 is 10.6 Å². The molecule has 1 amide bonds. The summed E-state index contributed by atoms with van der Waals surface area (Å²) in [7, 11) is 0. The number of rotatable bonds is 6. The van der Waals surface area contributed by atoms with Gasteiger partial charge in [0, 0.05) is 11.2 Å². The van der Waals surface area contributed by atoms with Crippen LogP contribution in [0.5, 0.6) is 0 Å². The van der Waals surface area contributed by atoms with Crippen molar-refractivity contribution in [3.63, 3.8) is 0 Å². The summed E-state index contributed by atoms with van der Waals surface area (Å²) in [5.41, 5.74) is 3.62. The van der Waals surface area contributed by atoms with Gasteiger partial charge in [0.1, 0.15) is 0 Å². The molecule has 4 fully saturated rings. The quantitative estimate of drug-likeness (QED) is 0.629. The van der Waals surface area contributed by atoms with E-state index >= 15 is 0 Å². The average molecular weight is 429 g/mol. The molecule has 4 aliphatic carbocycles. The largest absolute Gasteiger partial charge is 0.350 e. The first kappa shape index (κ1) is 19.4. The normalized spacial score (nSPS) is 29.8. The van der Waals surface area contributed by atoms with Crippen LogP contribution >= 0.6 is 23.1 Å². The van der Waals surface area contributed by atoms with Crippen molar-refractivity contribution in [1.29, 1.82) is 0 Å². The first-order valence-corrected chi connectivity index (χ1v) is 12.4. The van der Waals surface area contributed by atoms with E-state index in [1.165, 1.54) is 72.8 Å². The summed E-state index contributed by atoms with van der Waals surface area (Å²) in [4.78, 5) is 12.7. The molecule has 0 atom stereocenters. The number of hydrogen-bond acceptors (Lipinski definition) is 6. The highest BCUT2D eigenvalue weighted by atomic mass is 32.2. The number of hydrogen-bond donors (Lipinski definition) is 2. The smallest absolute Gasteiger partial charge is 0.230 e. The van der Waals surface area contributed by atoms with Crippen molar-refractivity contribution in [3.05, 3.63) is 29.3 Å². The lowest BCUT2D eigenvalue weighted by atomic mass is 9.53. The number of carbonyl (C=O) groups is 1. The number of nitrogens with zero attached hydrogens (tertiary/aromatic N) is 2. The Morgan fingerprint density at radius 1 is 1.10 bits per heavy atom. The van der Waals surface area contributed by atoms with Crippen LogP contribution in [0.2, 0.25) is 0 Å². The molecule has 4 saturated carbocycles. The van der Waals surface area contributed by atoms with Gasteiger partial charge in [-0.25, -0.2) is 0 Å². The van der Waals surface area contributed by atoms with Crippen LogP contribution in [0.4, 0.5) is 10.8 Å². The molecule has 4 bridgehead atoms. The summed E-state index contributed by atoms with van der Waals surface area (Å²) in [5, 5.41) is 16.0. The van der Waals surface area contributed by atoms with Crippen LogP contribution in [-0.4, -0.2) is 27.4 Å². The molecule has 7 heteroatoms. The molecule has 2 N–H and O–H groups in total. The fraction of sp³-hybridized carbons (Fsp3) is 0.591. The Labute approximate surface area is 180 Å². The van der Waals surface area contributed by atoms with Gasteiger partial charge in [-0.1, -0.05) is 29.2 Å². The van der Waals surface area contributed by atoms with Crippen LogP contribution in [-0.2, 0) is 4.79 Å². The third-order valence-corrected chi connectivity index (χ3v) is 8.91. The van der Waals surface area contributed by atoms with E-state index in [9.17, 15) is 4.79 Å². The molecule has 0 saturated heterocycles. The van der Waals surface area contributed by atoms with Crippen LogP contribution in [0.25, 0.3) is 0 Å². The second-order valence-electron chi connectivity index (χ2n) is 9.33. The predicted octanol–water partition coefficient (Wildman–Crippen LogP) is 5.08. The van der Waals surface area contributed by atoms with Crippen LogP contribution in [0, 0.1) is 31.6 Å². The summed E-state index contributed by atoms with van der Waals surface area (Å²) in [6, 6.07) is 6.26. The van der Waals surface area contributed by atoms with E-state index in [1.54, 1.807) is 0 Å². The molecule has 2 aromatic rings. The Bertz CT molecular complexity index is 890.